The smallest absolute Gasteiger partial charge is 0.136 e. The second-order valence-electron chi connectivity index (χ2n) is 18.4. The zero-order valence-electron chi connectivity index (χ0n) is 34.1. The van der Waals surface area contributed by atoms with Crippen LogP contribution in [0.2, 0.25) is 0 Å². The molecule has 3 atom stereocenters. The summed E-state index contributed by atoms with van der Waals surface area (Å²) in [7, 11) is 0. The number of anilines is 3. The molecular weight excluding hydrogens is 727 g/mol. The summed E-state index contributed by atoms with van der Waals surface area (Å²) in [4.78, 5) is 2.55. The van der Waals surface area contributed by atoms with Gasteiger partial charge >= 0.3 is 0 Å². The number of benzene rings is 8. The van der Waals surface area contributed by atoms with Crippen LogP contribution in [-0.4, -0.2) is 0 Å². The van der Waals surface area contributed by atoms with Crippen molar-refractivity contribution in [3.63, 3.8) is 0 Å². The molecule has 2 saturated carbocycles. The zero-order valence-corrected chi connectivity index (χ0v) is 34.1. The lowest BCUT2D eigenvalue weighted by Crippen LogP contribution is -2.32. The average molecular weight is 772 g/mol. The van der Waals surface area contributed by atoms with Gasteiger partial charge in [0.2, 0.25) is 0 Å². The molecule has 8 aromatic carbocycles. The van der Waals surface area contributed by atoms with E-state index in [1.54, 1.807) is 5.56 Å². The first-order chi connectivity index (χ1) is 29.5. The summed E-state index contributed by atoms with van der Waals surface area (Å²) in [5.74, 6) is 1.50. The van der Waals surface area contributed by atoms with E-state index in [1.165, 1.54) is 104 Å². The Morgan fingerprint density at radius 1 is 0.500 bits per heavy atom. The number of para-hydroxylation sites is 2. The molecule has 1 heterocycles. The predicted octanol–water partition coefficient (Wildman–Crippen LogP) is 15.8. The molecule has 13 rings (SSSR count). The standard InChI is InChI=1S/C58H45NO/c1-57(2)49-20-7-3-14-43(49)46-18-11-19-47(56(46)57)45-15-5-9-22-52(45)59(39-29-26-37(27-30-39)41-17-12-24-54-55(41)48-16-6-10-23-53(48)60-54)40-31-32-44-42-13-4-8-21-50(42)58(51(44)34-40)35-36-25-28-38(58)33-36/h3-24,26-27,29-32,34,36,38H,25,28,33,35H2,1-2H3. The van der Waals surface area contributed by atoms with Gasteiger partial charge in [-0.25, -0.2) is 0 Å². The molecule has 0 N–H and O–H groups in total. The van der Waals surface area contributed by atoms with Crippen LogP contribution in [0.4, 0.5) is 17.1 Å². The van der Waals surface area contributed by atoms with Crippen LogP contribution >= 0.6 is 0 Å². The first kappa shape index (κ1) is 34.2. The lowest BCUT2D eigenvalue weighted by Gasteiger charge is -2.37. The third kappa shape index (κ3) is 4.60. The van der Waals surface area contributed by atoms with Gasteiger partial charge in [-0.15, -0.1) is 0 Å². The van der Waals surface area contributed by atoms with E-state index in [0.717, 1.165) is 28.2 Å². The Labute approximate surface area is 351 Å². The van der Waals surface area contributed by atoms with Gasteiger partial charge in [0.05, 0.1) is 5.69 Å². The Kier molecular flexibility index (Phi) is 7.10. The van der Waals surface area contributed by atoms with Gasteiger partial charge < -0.3 is 9.32 Å². The molecule has 60 heavy (non-hydrogen) atoms. The summed E-state index contributed by atoms with van der Waals surface area (Å²) in [5.41, 5.74) is 21.7. The van der Waals surface area contributed by atoms with Crippen LogP contribution in [0.15, 0.2) is 180 Å². The minimum atomic E-state index is -0.145. The van der Waals surface area contributed by atoms with E-state index >= 15 is 0 Å². The fourth-order valence-electron chi connectivity index (χ4n) is 12.7. The Hall–Kier alpha value is -6.64. The van der Waals surface area contributed by atoms with Crippen molar-refractivity contribution in [1.29, 1.82) is 0 Å². The zero-order chi connectivity index (χ0) is 39.7. The van der Waals surface area contributed by atoms with Crippen LogP contribution in [0.3, 0.4) is 0 Å². The van der Waals surface area contributed by atoms with E-state index in [4.69, 9.17) is 4.42 Å². The summed E-state index contributed by atoms with van der Waals surface area (Å²) in [6.45, 7) is 4.80. The van der Waals surface area contributed by atoms with Gasteiger partial charge in [-0.1, -0.05) is 154 Å². The summed E-state index contributed by atoms with van der Waals surface area (Å²) in [6.07, 6.45) is 5.31. The molecule has 288 valence electrons. The molecule has 2 fully saturated rings. The number of fused-ring (bicyclic) bond motifs is 14. The number of rotatable bonds is 5. The van der Waals surface area contributed by atoms with Crippen molar-refractivity contribution in [2.75, 3.05) is 4.90 Å². The summed E-state index contributed by atoms with van der Waals surface area (Å²) >= 11 is 0. The van der Waals surface area contributed by atoms with E-state index in [1.807, 2.05) is 6.07 Å². The highest BCUT2D eigenvalue weighted by molar-refractivity contribution is 6.12. The number of nitrogens with zero attached hydrogens (tertiary/aromatic N) is 1. The third-order valence-corrected chi connectivity index (χ3v) is 15.1. The minimum Gasteiger partial charge on any atom is -0.456 e. The monoisotopic (exact) mass is 771 g/mol. The lowest BCUT2D eigenvalue weighted by atomic mass is 9.67. The van der Waals surface area contributed by atoms with E-state index < -0.39 is 0 Å². The molecule has 9 aromatic rings. The van der Waals surface area contributed by atoms with Crippen molar-refractivity contribution in [3.05, 3.63) is 198 Å². The largest absolute Gasteiger partial charge is 0.456 e. The highest BCUT2D eigenvalue weighted by Gasteiger charge is 2.56. The maximum absolute atomic E-state index is 6.32. The van der Waals surface area contributed by atoms with Crippen molar-refractivity contribution in [3.8, 4) is 44.5 Å². The van der Waals surface area contributed by atoms with Gasteiger partial charge in [0.1, 0.15) is 11.2 Å². The highest BCUT2D eigenvalue weighted by Crippen LogP contribution is 2.66. The summed E-state index contributed by atoms with van der Waals surface area (Å²) in [6, 6.07) is 65.9. The van der Waals surface area contributed by atoms with Gasteiger partial charge in [-0.05, 0) is 135 Å². The SMILES string of the molecule is CC1(C)c2ccccc2-c2cccc(-c3ccccc3N(c3ccc(-c4cccc5oc6ccccc6c45)cc3)c3ccc4c(c3)C3(CC5CCC3C5)c3ccccc3-4)c21. The molecule has 0 saturated heterocycles. The molecule has 4 aliphatic rings. The van der Waals surface area contributed by atoms with Gasteiger partial charge in [-0.2, -0.15) is 0 Å². The molecule has 0 radical (unpaired) electrons. The molecule has 3 unspecified atom stereocenters. The first-order valence-electron chi connectivity index (χ1n) is 21.9. The molecular formula is C58H45NO. The number of furan rings is 1. The van der Waals surface area contributed by atoms with E-state index in [2.05, 4.69) is 189 Å². The van der Waals surface area contributed by atoms with Crippen molar-refractivity contribution >= 4 is 39.0 Å². The van der Waals surface area contributed by atoms with Crippen LogP contribution in [0, 0.1) is 11.8 Å². The molecule has 1 aromatic heterocycles. The maximum Gasteiger partial charge on any atom is 0.136 e. The number of hydrogen-bond acceptors (Lipinski definition) is 2. The third-order valence-electron chi connectivity index (χ3n) is 15.1. The molecule has 2 bridgehead atoms. The fraction of sp³-hybridized carbons (Fsp3) is 0.172. The Bertz CT molecular complexity index is 3220. The van der Waals surface area contributed by atoms with Crippen molar-refractivity contribution in [2.45, 2.75) is 50.4 Å². The van der Waals surface area contributed by atoms with Crippen LogP contribution < -0.4 is 4.90 Å². The molecule has 0 amide bonds. The lowest BCUT2D eigenvalue weighted by molar-refractivity contribution is 0.327. The number of hydrogen-bond donors (Lipinski definition) is 0. The van der Waals surface area contributed by atoms with Gasteiger partial charge in [0.15, 0.2) is 0 Å². The van der Waals surface area contributed by atoms with Gasteiger partial charge in [0, 0.05) is 38.5 Å². The maximum atomic E-state index is 6.32. The van der Waals surface area contributed by atoms with Crippen LogP contribution in [0.25, 0.3) is 66.4 Å². The molecule has 1 spiro atoms. The minimum absolute atomic E-state index is 0.0853. The van der Waals surface area contributed by atoms with E-state index in [0.29, 0.717) is 5.92 Å². The Morgan fingerprint density at radius 3 is 1.92 bits per heavy atom. The van der Waals surface area contributed by atoms with E-state index in [9.17, 15) is 0 Å². The molecule has 0 aliphatic heterocycles. The fourth-order valence-corrected chi connectivity index (χ4v) is 12.7. The normalized spacial score (nSPS) is 20.1. The average Bonchev–Trinajstić information content (AvgIpc) is 4.11. The van der Waals surface area contributed by atoms with Crippen LogP contribution in [-0.2, 0) is 10.8 Å². The van der Waals surface area contributed by atoms with Gasteiger partial charge in [-0.3, -0.25) is 0 Å². The molecule has 2 nitrogen and oxygen atoms in total. The Morgan fingerprint density at radius 2 is 1.12 bits per heavy atom. The summed E-state index contributed by atoms with van der Waals surface area (Å²) in [5, 5.41) is 2.32. The van der Waals surface area contributed by atoms with Crippen molar-refractivity contribution in [2.24, 2.45) is 11.8 Å². The molecule has 2 heteroatoms. The Balaban J connectivity index is 1.02. The van der Waals surface area contributed by atoms with Crippen molar-refractivity contribution in [1.82, 2.24) is 0 Å². The topological polar surface area (TPSA) is 16.4 Å². The van der Waals surface area contributed by atoms with Crippen molar-refractivity contribution < 1.29 is 4.42 Å². The van der Waals surface area contributed by atoms with Gasteiger partial charge in [0.25, 0.3) is 0 Å². The predicted molar refractivity (Wildman–Crippen MR) is 249 cm³/mol. The van der Waals surface area contributed by atoms with Crippen LogP contribution in [0.1, 0.15) is 61.8 Å². The van der Waals surface area contributed by atoms with Crippen LogP contribution in [0.5, 0.6) is 0 Å². The second-order valence-corrected chi connectivity index (χ2v) is 18.4. The molecule has 4 aliphatic carbocycles. The first-order valence-corrected chi connectivity index (χ1v) is 21.9. The van der Waals surface area contributed by atoms with E-state index in [-0.39, 0.29) is 10.8 Å². The highest BCUT2D eigenvalue weighted by atomic mass is 16.3. The summed E-state index contributed by atoms with van der Waals surface area (Å²) < 4.78 is 6.32. The second kappa shape index (κ2) is 12.4. The quantitative estimate of drug-likeness (QED) is 0.173.